The van der Waals surface area contributed by atoms with Crippen molar-refractivity contribution < 1.29 is 28.4 Å². The number of methoxy groups -OCH3 is 2. The summed E-state index contributed by atoms with van der Waals surface area (Å²) in [6.07, 6.45) is 0.00320. The first kappa shape index (κ1) is 16.7. The molecule has 3 aliphatic heterocycles. The summed E-state index contributed by atoms with van der Waals surface area (Å²) in [6, 6.07) is 12.0. The largest absolute Gasteiger partial charge is 0.493 e. The van der Waals surface area contributed by atoms with Gasteiger partial charge in [-0.2, -0.15) is 0 Å². The fourth-order valence-electron chi connectivity index (χ4n) is 4.35. The van der Waals surface area contributed by atoms with Gasteiger partial charge in [0.25, 0.3) is 0 Å². The molecule has 142 valence electrons. The molecule has 5 rings (SSSR count). The molecule has 2 aromatic carbocycles. The molecule has 2 aromatic rings. The molecule has 0 saturated carbocycles. The van der Waals surface area contributed by atoms with Gasteiger partial charge in [-0.1, -0.05) is 12.1 Å². The lowest BCUT2D eigenvalue weighted by Crippen LogP contribution is -2.14. The SMILES string of the molecule is COc1ccc([C@H]2OCC3C2CO[C@H]3c2ccc3c(c2)OCO3)cc1OC. The van der Waals surface area contributed by atoms with Gasteiger partial charge in [0, 0.05) is 11.8 Å². The third kappa shape index (κ3) is 2.71. The Morgan fingerprint density at radius 1 is 0.741 bits per heavy atom. The summed E-state index contributed by atoms with van der Waals surface area (Å²) in [6.45, 7) is 1.62. The monoisotopic (exact) mass is 370 g/mol. The lowest BCUT2D eigenvalue weighted by molar-refractivity contribution is 0.0191. The van der Waals surface area contributed by atoms with Crippen molar-refractivity contribution in [2.75, 3.05) is 34.2 Å². The number of rotatable bonds is 4. The van der Waals surface area contributed by atoms with Crippen molar-refractivity contribution in [2.24, 2.45) is 11.8 Å². The predicted octanol–water partition coefficient (Wildman–Crippen LogP) is 3.51. The molecule has 0 amide bonds. The summed E-state index contributed by atoms with van der Waals surface area (Å²) in [5.74, 6) is 3.63. The molecule has 3 heterocycles. The molecule has 0 spiro atoms. The Hall–Kier alpha value is -2.44. The van der Waals surface area contributed by atoms with Crippen molar-refractivity contribution >= 4 is 0 Å². The highest BCUT2D eigenvalue weighted by Crippen LogP contribution is 2.51. The van der Waals surface area contributed by atoms with Crippen molar-refractivity contribution in [1.29, 1.82) is 0 Å². The summed E-state index contributed by atoms with van der Waals surface area (Å²) < 4.78 is 34.1. The third-order valence-electron chi connectivity index (χ3n) is 5.73. The standard InChI is InChI=1S/C21H22O6/c1-22-16-5-3-12(7-18(16)23-2)20-14-9-25-21(15(14)10-24-20)13-4-6-17-19(8-13)27-11-26-17/h3-8,14-15,20-21H,9-11H2,1-2H3/t14?,15?,20-,21+/m1/s1. The van der Waals surface area contributed by atoms with Crippen LogP contribution in [-0.4, -0.2) is 34.2 Å². The van der Waals surface area contributed by atoms with Gasteiger partial charge in [-0.3, -0.25) is 0 Å². The van der Waals surface area contributed by atoms with E-state index in [4.69, 9.17) is 28.4 Å². The van der Waals surface area contributed by atoms with E-state index >= 15 is 0 Å². The van der Waals surface area contributed by atoms with E-state index in [9.17, 15) is 0 Å². The molecule has 2 fully saturated rings. The Balaban J connectivity index is 1.39. The zero-order valence-corrected chi connectivity index (χ0v) is 15.3. The molecule has 6 nitrogen and oxygen atoms in total. The van der Waals surface area contributed by atoms with Crippen LogP contribution in [-0.2, 0) is 9.47 Å². The van der Waals surface area contributed by atoms with Crippen LogP contribution in [0, 0.1) is 11.8 Å². The first-order valence-corrected chi connectivity index (χ1v) is 9.13. The summed E-state index contributed by atoms with van der Waals surface area (Å²) in [5, 5.41) is 0. The second kappa shape index (κ2) is 6.62. The molecule has 4 atom stereocenters. The van der Waals surface area contributed by atoms with Crippen molar-refractivity contribution in [2.45, 2.75) is 12.2 Å². The van der Waals surface area contributed by atoms with E-state index < -0.39 is 0 Å². The van der Waals surface area contributed by atoms with E-state index in [2.05, 4.69) is 6.07 Å². The lowest BCUT2D eigenvalue weighted by Gasteiger charge is -2.18. The Labute approximate surface area is 157 Å². The predicted molar refractivity (Wildman–Crippen MR) is 96.5 cm³/mol. The van der Waals surface area contributed by atoms with E-state index in [1.165, 1.54) is 0 Å². The Kier molecular flexibility index (Phi) is 4.10. The van der Waals surface area contributed by atoms with Gasteiger partial charge >= 0.3 is 0 Å². The van der Waals surface area contributed by atoms with Gasteiger partial charge in [-0.15, -0.1) is 0 Å². The highest BCUT2D eigenvalue weighted by Gasteiger charge is 2.48. The number of hydrogen-bond acceptors (Lipinski definition) is 6. The zero-order valence-electron chi connectivity index (χ0n) is 15.3. The Bertz CT molecular complexity index is 851. The molecule has 0 N–H and O–H groups in total. The number of fused-ring (bicyclic) bond motifs is 2. The second-order valence-electron chi connectivity index (χ2n) is 7.06. The van der Waals surface area contributed by atoms with Crippen molar-refractivity contribution in [3.8, 4) is 23.0 Å². The summed E-state index contributed by atoms with van der Waals surface area (Å²) in [7, 11) is 3.29. The van der Waals surface area contributed by atoms with Gasteiger partial charge < -0.3 is 28.4 Å². The van der Waals surface area contributed by atoms with Gasteiger partial charge in [-0.25, -0.2) is 0 Å². The third-order valence-corrected chi connectivity index (χ3v) is 5.73. The molecule has 27 heavy (non-hydrogen) atoms. The first-order valence-electron chi connectivity index (χ1n) is 9.13. The number of benzene rings is 2. The van der Waals surface area contributed by atoms with E-state index in [-0.39, 0.29) is 19.0 Å². The molecule has 0 aliphatic carbocycles. The van der Waals surface area contributed by atoms with Crippen LogP contribution in [0.25, 0.3) is 0 Å². The first-order chi connectivity index (χ1) is 13.3. The van der Waals surface area contributed by atoms with E-state index in [1.807, 2.05) is 30.3 Å². The maximum atomic E-state index is 6.19. The Morgan fingerprint density at radius 3 is 2.07 bits per heavy atom. The summed E-state index contributed by atoms with van der Waals surface area (Å²) in [4.78, 5) is 0. The van der Waals surface area contributed by atoms with Crippen LogP contribution in [0.1, 0.15) is 23.3 Å². The van der Waals surface area contributed by atoms with E-state index in [0.29, 0.717) is 30.8 Å². The van der Waals surface area contributed by atoms with Gasteiger partial charge in [-0.05, 0) is 35.4 Å². The molecule has 2 unspecified atom stereocenters. The zero-order chi connectivity index (χ0) is 18.4. The molecule has 2 saturated heterocycles. The van der Waals surface area contributed by atoms with E-state index in [0.717, 1.165) is 28.4 Å². The van der Waals surface area contributed by atoms with Crippen LogP contribution in [0.3, 0.4) is 0 Å². The maximum Gasteiger partial charge on any atom is 0.231 e. The average molecular weight is 370 g/mol. The van der Waals surface area contributed by atoms with Gasteiger partial charge in [0.15, 0.2) is 23.0 Å². The van der Waals surface area contributed by atoms with Crippen LogP contribution >= 0.6 is 0 Å². The maximum absolute atomic E-state index is 6.19. The minimum Gasteiger partial charge on any atom is -0.493 e. The fourth-order valence-corrected chi connectivity index (χ4v) is 4.35. The van der Waals surface area contributed by atoms with Crippen molar-refractivity contribution in [3.05, 3.63) is 47.5 Å². The minimum atomic E-state index is -0.00573. The van der Waals surface area contributed by atoms with Crippen LogP contribution in [0.2, 0.25) is 0 Å². The molecule has 0 radical (unpaired) electrons. The number of hydrogen-bond donors (Lipinski definition) is 0. The van der Waals surface area contributed by atoms with E-state index in [1.54, 1.807) is 14.2 Å². The molecule has 0 bridgehead atoms. The van der Waals surface area contributed by atoms with Crippen molar-refractivity contribution in [1.82, 2.24) is 0 Å². The normalized spacial score (nSPS) is 28.2. The van der Waals surface area contributed by atoms with Crippen LogP contribution in [0.15, 0.2) is 36.4 Å². The van der Waals surface area contributed by atoms with Gasteiger partial charge in [0.1, 0.15) is 0 Å². The van der Waals surface area contributed by atoms with Crippen LogP contribution in [0.4, 0.5) is 0 Å². The minimum absolute atomic E-state index is 0.00573. The average Bonchev–Trinajstić information content (AvgIpc) is 3.42. The molecule has 6 heteroatoms. The number of ether oxygens (including phenoxy) is 6. The topological polar surface area (TPSA) is 55.4 Å². The van der Waals surface area contributed by atoms with Crippen LogP contribution in [0.5, 0.6) is 23.0 Å². The lowest BCUT2D eigenvalue weighted by atomic mass is 9.85. The summed E-state index contributed by atoms with van der Waals surface area (Å²) >= 11 is 0. The molecule has 3 aliphatic rings. The molecular weight excluding hydrogens is 348 g/mol. The highest BCUT2D eigenvalue weighted by molar-refractivity contribution is 5.46. The van der Waals surface area contributed by atoms with Gasteiger partial charge in [0.2, 0.25) is 6.79 Å². The van der Waals surface area contributed by atoms with Crippen molar-refractivity contribution in [3.63, 3.8) is 0 Å². The Morgan fingerprint density at radius 2 is 1.37 bits per heavy atom. The van der Waals surface area contributed by atoms with Gasteiger partial charge in [0.05, 0.1) is 39.6 Å². The quantitative estimate of drug-likeness (QED) is 0.821. The smallest absolute Gasteiger partial charge is 0.231 e. The molecule has 0 aromatic heterocycles. The summed E-state index contributed by atoms with van der Waals surface area (Å²) in [5.41, 5.74) is 2.21. The fraction of sp³-hybridized carbons (Fsp3) is 0.429. The highest BCUT2D eigenvalue weighted by atomic mass is 16.7. The second-order valence-corrected chi connectivity index (χ2v) is 7.06. The molecular formula is C21H22O6. The van der Waals surface area contributed by atoms with Crippen LogP contribution < -0.4 is 18.9 Å².